The van der Waals surface area contributed by atoms with Crippen molar-refractivity contribution in [1.82, 2.24) is 9.97 Å². The lowest BCUT2D eigenvalue weighted by atomic mass is 10.1. The van der Waals surface area contributed by atoms with E-state index in [1.807, 2.05) is 50.2 Å². The molecule has 1 unspecified atom stereocenters. The maximum atomic E-state index is 11.8. The number of nitrogens with zero attached hydrogens (tertiary/aromatic N) is 3. The number of aromatic nitrogens is 2. The van der Waals surface area contributed by atoms with Gasteiger partial charge in [-0.25, -0.2) is 9.97 Å². The highest BCUT2D eigenvalue weighted by Gasteiger charge is 2.11. The van der Waals surface area contributed by atoms with Gasteiger partial charge in [0.25, 0.3) is 0 Å². The molecule has 0 aliphatic rings. The zero-order valence-electron chi connectivity index (χ0n) is 14.9. The second-order valence-corrected chi connectivity index (χ2v) is 5.66. The fourth-order valence-electron chi connectivity index (χ4n) is 2.14. The highest BCUT2D eigenvalue weighted by Crippen LogP contribution is 2.30. The highest BCUT2D eigenvalue weighted by atomic mass is 16.5. The quantitative estimate of drug-likeness (QED) is 0.753. The topological polar surface area (TPSA) is 79.4 Å². The van der Waals surface area contributed by atoms with Crippen LogP contribution in [0, 0.1) is 0 Å². The van der Waals surface area contributed by atoms with Crippen LogP contribution in [0.1, 0.15) is 18.6 Å². The van der Waals surface area contributed by atoms with Crippen LogP contribution in [-0.4, -0.2) is 37.1 Å². The van der Waals surface area contributed by atoms with Gasteiger partial charge in [0.2, 0.25) is 5.91 Å². The van der Waals surface area contributed by atoms with Crippen LogP contribution in [0.4, 0.5) is 23.0 Å². The predicted molar refractivity (Wildman–Crippen MR) is 100 cm³/mol. The fourth-order valence-corrected chi connectivity index (χ4v) is 2.14. The molecule has 2 rings (SSSR count). The average molecular weight is 341 g/mol. The molecule has 1 amide bonds. The SMILES string of the molecule is C=CC(=O)Nc1cc(C(C)OC)ccc1Nc1cc(N(C)C)ncn1. The maximum Gasteiger partial charge on any atom is 0.247 e. The molecule has 0 aliphatic carbocycles. The standard InChI is InChI=1S/C18H23N5O2/c1-6-18(24)22-15-9-13(12(2)25-5)7-8-14(15)21-16-10-17(23(3)4)20-11-19-16/h6-12H,1H2,2-5H3,(H,22,24)(H,19,20,21). The second kappa shape index (κ2) is 8.25. The summed E-state index contributed by atoms with van der Waals surface area (Å²) in [6.07, 6.45) is 2.62. The van der Waals surface area contributed by atoms with E-state index in [1.165, 1.54) is 12.4 Å². The Morgan fingerprint density at radius 2 is 2.04 bits per heavy atom. The zero-order chi connectivity index (χ0) is 18.4. The molecule has 132 valence electrons. The molecule has 25 heavy (non-hydrogen) atoms. The van der Waals surface area contributed by atoms with Crippen LogP contribution in [-0.2, 0) is 9.53 Å². The molecule has 1 aromatic heterocycles. The molecule has 0 fully saturated rings. The number of ether oxygens (including phenoxy) is 1. The lowest BCUT2D eigenvalue weighted by Crippen LogP contribution is -2.12. The maximum absolute atomic E-state index is 11.8. The minimum Gasteiger partial charge on any atom is -0.377 e. The van der Waals surface area contributed by atoms with Crippen LogP contribution < -0.4 is 15.5 Å². The zero-order valence-corrected chi connectivity index (χ0v) is 14.9. The summed E-state index contributed by atoms with van der Waals surface area (Å²) in [5.41, 5.74) is 2.28. The van der Waals surface area contributed by atoms with Crippen molar-refractivity contribution in [3.05, 3.63) is 48.8 Å². The largest absolute Gasteiger partial charge is 0.377 e. The van der Waals surface area contributed by atoms with Crippen LogP contribution in [0.15, 0.2) is 43.2 Å². The van der Waals surface area contributed by atoms with Gasteiger partial charge in [0, 0.05) is 27.3 Å². The summed E-state index contributed by atoms with van der Waals surface area (Å²) in [6.45, 7) is 5.43. The third-order valence-corrected chi connectivity index (χ3v) is 3.68. The van der Waals surface area contributed by atoms with Crippen molar-refractivity contribution >= 4 is 28.9 Å². The Hall–Kier alpha value is -2.93. The van der Waals surface area contributed by atoms with Gasteiger partial charge in [0.05, 0.1) is 17.5 Å². The molecule has 0 saturated carbocycles. The van der Waals surface area contributed by atoms with Crippen molar-refractivity contribution in [1.29, 1.82) is 0 Å². The summed E-state index contributed by atoms with van der Waals surface area (Å²) in [7, 11) is 5.45. The lowest BCUT2D eigenvalue weighted by Gasteiger charge is -2.17. The molecule has 1 aromatic carbocycles. The summed E-state index contributed by atoms with van der Waals surface area (Å²) in [6, 6.07) is 7.51. The van der Waals surface area contributed by atoms with Gasteiger partial charge >= 0.3 is 0 Å². The fraction of sp³-hybridized carbons (Fsp3) is 0.278. The Kier molecular flexibility index (Phi) is 6.08. The van der Waals surface area contributed by atoms with Crippen LogP contribution in [0.5, 0.6) is 0 Å². The molecule has 0 aliphatic heterocycles. The molecule has 2 aromatic rings. The molecular weight excluding hydrogens is 318 g/mol. The molecule has 1 heterocycles. The minimum atomic E-state index is -0.290. The van der Waals surface area contributed by atoms with Crippen molar-refractivity contribution in [2.45, 2.75) is 13.0 Å². The van der Waals surface area contributed by atoms with E-state index in [4.69, 9.17) is 4.74 Å². The molecule has 2 N–H and O–H groups in total. The van der Waals surface area contributed by atoms with Gasteiger partial charge in [0.15, 0.2) is 0 Å². The number of nitrogens with one attached hydrogen (secondary N) is 2. The van der Waals surface area contributed by atoms with Gasteiger partial charge in [-0.1, -0.05) is 12.6 Å². The van der Waals surface area contributed by atoms with Crippen LogP contribution in [0.2, 0.25) is 0 Å². The Bertz CT molecular complexity index is 761. The number of rotatable bonds is 7. The number of hydrogen-bond acceptors (Lipinski definition) is 6. The Labute approximate surface area is 147 Å². The predicted octanol–water partition coefficient (Wildman–Crippen LogP) is 3.12. The first-order valence-corrected chi connectivity index (χ1v) is 7.81. The first-order valence-electron chi connectivity index (χ1n) is 7.81. The summed E-state index contributed by atoms with van der Waals surface area (Å²) in [5, 5.41) is 6.02. The van der Waals surface area contributed by atoms with E-state index >= 15 is 0 Å². The first kappa shape index (κ1) is 18.4. The summed E-state index contributed by atoms with van der Waals surface area (Å²) in [5.74, 6) is 1.11. The van der Waals surface area contributed by atoms with Crippen molar-refractivity contribution < 1.29 is 9.53 Å². The number of hydrogen-bond donors (Lipinski definition) is 2. The van der Waals surface area contributed by atoms with Gasteiger partial charge in [-0.2, -0.15) is 0 Å². The van der Waals surface area contributed by atoms with Crippen molar-refractivity contribution in [2.75, 3.05) is 36.7 Å². The van der Waals surface area contributed by atoms with E-state index in [9.17, 15) is 4.79 Å². The summed E-state index contributed by atoms with van der Waals surface area (Å²) >= 11 is 0. The molecule has 0 saturated heterocycles. The molecule has 7 nitrogen and oxygen atoms in total. The summed E-state index contributed by atoms with van der Waals surface area (Å²) in [4.78, 5) is 22.1. The van der Waals surface area contributed by atoms with Gasteiger partial charge in [-0.15, -0.1) is 0 Å². The normalized spacial score (nSPS) is 11.5. The number of anilines is 4. The van der Waals surface area contributed by atoms with Gasteiger partial charge in [-0.3, -0.25) is 4.79 Å². The first-order chi connectivity index (χ1) is 11.9. The number of amides is 1. The van der Waals surface area contributed by atoms with E-state index < -0.39 is 0 Å². The minimum absolute atomic E-state index is 0.0900. The van der Waals surface area contributed by atoms with Crippen LogP contribution in [0.3, 0.4) is 0 Å². The molecule has 0 radical (unpaired) electrons. The van der Waals surface area contributed by atoms with E-state index in [2.05, 4.69) is 27.2 Å². The van der Waals surface area contributed by atoms with E-state index in [0.29, 0.717) is 17.2 Å². The van der Waals surface area contributed by atoms with Crippen molar-refractivity contribution in [3.8, 4) is 0 Å². The number of carbonyl (C=O) groups excluding carboxylic acids is 1. The lowest BCUT2D eigenvalue weighted by molar-refractivity contribution is -0.111. The highest BCUT2D eigenvalue weighted by molar-refractivity contribution is 6.01. The average Bonchev–Trinajstić information content (AvgIpc) is 2.62. The van der Waals surface area contributed by atoms with Gasteiger partial charge in [-0.05, 0) is 30.7 Å². The second-order valence-electron chi connectivity index (χ2n) is 5.66. The Morgan fingerprint density at radius 3 is 2.68 bits per heavy atom. The number of carbonyl (C=O) groups is 1. The van der Waals surface area contributed by atoms with E-state index in [1.54, 1.807) is 7.11 Å². The Morgan fingerprint density at radius 1 is 1.28 bits per heavy atom. The molecule has 1 atom stereocenters. The van der Waals surface area contributed by atoms with E-state index in [0.717, 1.165) is 11.4 Å². The van der Waals surface area contributed by atoms with Gasteiger partial charge < -0.3 is 20.3 Å². The third kappa shape index (κ3) is 4.77. The van der Waals surface area contributed by atoms with Crippen molar-refractivity contribution in [3.63, 3.8) is 0 Å². The monoisotopic (exact) mass is 341 g/mol. The van der Waals surface area contributed by atoms with Crippen molar-refractivity contribution in [2.24, 2.45) is 0 Å². The summed E-state index contributed by atoms with van der Waals surface area (Å²) < 4.78 is 5.34. The molecule has 7 heteroatoms. The van der Waals surface area contributed by atoms with E-state index in [-0.39, 0.29) is 12.0 Å². The smallest absolute Gasteiger partial charge is 0.247 e. The van der Waals surface area contributed by atoms with Crippen LogP contribution >= 0.6 is 0 Å². The number of methoxy groups -OCH3 is 1. The molecule has 0 spiro atoms. The third-order valence-electron chi connectivity index (χ3n) is 3.68. The van der Waals surface area contributed by atoms with Gasteiger partial charge in [0.1, 0.15) is 18.0 Å². The van der Waals surface area contributed by atoms with Crippen LogP contribution in [0.25, 0.3) is 0 Å². The number of benzene rings is 1. The Balaban J connectivity index is 2.36. The molecular formula is C18H23N5O2. The molecule has 0 bridgehead atoms.